The number of rotatable bonds is 4. The summed E-state index contributed by atoms with van der Waals surface area (Å²) in [6.45, 7) is 5.88. The van der Waals surface area contributed by atoms with Gasteiger partial charge in [0.05, 0.1) is 12.2 Å². The number of carbonyl (C=O) groups is 2. The standard InChI is InChI=1S/C14H18N2O3S2/c1-4-19-13(18)10-7(2)8(3)21-12(10)16-14(20)15-11(17)9-5-6-9/h9H,4-6H2,1-3H3,(H2,15,16,17,20). The molecule has 114 valence electrons. The molecule has 1 fully saturated rings. The highest BCUT2D eigenvalue weighted by molar-refractivity contribution is 7.80. The number of hydrogen-bond donors (Lipinski definition) is 2. The van der Waals surface area contributed by atoms with E-state index in [1.807, 2.05) is 13.8 Å². The van der Waals surface area contributed by atoms with Crippen molar-refractivity contribution >= 4 is 45.5 Å². The summed E-state index contributed by atoms with van der Waals surface area (Å²) >= 11 is 6.56. The molecule has 2 rings (SSSR count). The highest BCUT2D eigenvalue weighted by Gasteiger charge is 2.30. The van der Waals surface area contributed by atoms with Gasteiger partial charge in [0, 0.05) is 10.8 Å². The number of amides is 1. The molecule has 0 unspecified atom stereocenters. The maximum absolute atomic E-state index is 12.0. The first kappa shape index (κ1) is 15.9. The van der Waals surface area contributed by atoms with Gasteiger partial charge < -0.3 is 15.4 Å². The van der Waals surface area contributed by atoms with Crippen molar-refractivity contribution in [2.45, 2.75) is 33.6 Å². The molecule has 1 aliphatic rings. The van der Waals surface area contributed by atoms with Crippen LogP contribution in [0.2, 0.25) is 0 Å². The number of aryl methyl sites for hydroxylation is 1. The van der Waals surface area contributed by atoms with E-state index < -0.39 is 0 Å². The summed E-state index contributed by atoms with van der Waals surface area (Å²) in [5, 5.41) is 6.43. The van der Waals surface area contributed by atoms with Crippen molar-refractivity contribution in [3.05, 3.63) is 16.0 Å². The minimum absolute atomic E-state index is 0.0600. The van der Waals surface area contributed by atoms with Crippen LogP contribution in [0.25, 0.3) is 0 Å². The van der Waals surface area contributed by atoms with E-state index in [-0.39, 0.29) is 22.9 Å². The van der Waals surface area contributed by atoms with E-state index in [4.69, 9.17) is 17.0 Å². The van der Waals surface area contributed by atoms with Gasteiger partial charge in [0.25, 0.3) is 0 Å². The monoisotopic (exact) mass is 326 g/mol. The summed E-state index contributed by atoms with van der Waals surface area (Å²) < 4.78 is 5.07. The molecular weight excluding hydrogens is 308 g/mol. The molecule has 1 saturated carbocycles. The molecule has 0 radical (unpaired) electrons. The predicted octanol–water partition coefficient (Wildman–Crippen LogP) is 2.76. The molecule has 21 heavy (non-hydrogen) atoms. The fourth-order valence-corrected chi connectivity index (χ4v) is 3.18. The molecular formula is C14H18N2O3S2. The lowest BCUT2D eigenvalue weighted by atomic mass is 10.1. The fraction of sp³-hybridized carbons (Fsp3) is 0.500. The van der Waals surface area contributed by atoms with Gasteiger partial charge in [-0.2, -0.15) is 0 Å². The highest BCUT2D eigenvalue weighted by Crippen LogP contribution is 2.33. The lowest BCUT2D eigenvalue weighted by Gasteiger charge is -2.09. The zero-order valence-electron chi connectivity index (χ0n) is 12.2. The van der Waals surface area contributed by atoms with Crippen LogP contribution >= 0.6 is 23.6 Å². The zero-order chi connectivity index (χ0) is 15.6. The molecule has 1 aromatic heterocycles. The van der Waals surface area contributed by atoms with Gasteiger partial charge in [-0.15, -0.1) is 11.3 Å². The van der Waals surface area contributed by atoms with Crippen LogP contribution in [0.15, 0.2) is 0 Å². The third-order valence-corrected chi connectivity index (χ3v) is 4.60. The van der Waals surface area contributed by atoms with Crippen LogP contribution in [-0.4, -0.2) is 23.6 Å². The van der Waals surface area contributed by atoms with Crippen molar-refractivity contribution in [2.24, 2.45) is 5.92 Å². The fourth-order valence-electron chi connectivity index (χ4n) is 1.86. The van der Waals surface area contributed by atoms with Crippen molar-refractivity contribution in [3.63, 3.8) is 0 Å². The summed E-state index contributed by atoms with van der Waals surface area (Å²) in [6.07, 6.45) is 1.83. The topological polar surface area (TPSA) is 67.4 Å². The van der Waals surface area contributed by atoms with Gasteiger partial charge >= 0.3 is 5.97 Å². The number of nitrogens with one attached hydrogen (secondary N) is 2. The predicted molar refractivity (Wildman–Crippen MR) is 86.8 cm³/mol. The minimum atomic E-state index is -0.377. The number of anilines is 1. The number of hydrogen-bond acceptors (Lipinski definition) is 5. The third-order valence-electron chi connectivity index (χ3n) is 3.28. The second-order valence-corrected chi connectivity index (χ2v) is 6.56. The van der Waals surface area contributed by atoms with E-state index in [2.05, 4.69) is 10.6 Å². The summed E-state index contributed by atoms with van der Waals surface area (Å²) in [7, 11) is 0. The largest absolute Gasteiger partial charge is 0.462 e. The highest BCUT2D eigenvalue weighted by atomic mass is 32.1. The average molecular weight is 326 g/mol. The van der Waals surface area contributed by atoms with Crippen LogP contribution in [0.5, 0.6) is 0 Å². The maximum Gasteiger partial charge on any atom is 0.341 e. The summed E-state index contributed by atoms with van der Waals surface area (Å²) in [6, 6.07) is 0. The SMILES string of the molecule is CCOC(=O)c1c(NC(=S)NC(=O)C2CC2)sc(C)c1C. The van der Waals surface area contributed by atoms with Gasteiger partial charge in [0.2, 0.25) is 5.91 Å². The normalized spacial score (nSPS) is 13.7. The first-order chi connectivity index (χ1) is 9.93. The molecule has 0 bridgehead atoms. The van der Waals surface area contributed by atoms with Gasteiger partial charge in [-0.25, -0.2) is 4.79 Å². The van der Waals surface area contributed by atoms with Crippen molar-refractivity contribution in [1.82, 2.24) is 5.32 Å². The van der Waals surface area contributed by atoms with E-state index in [9.17, 15) is 9.59 Å². The number of carbonyl (C=O) groups excluding carboxylic acids is 2. The molecule has 0 saturated heterocycles. The molecule has 1 aliphatic carbocycles. The van der Waals surface area contributed by atoms with Crippen LogP contribution in [0.1, 0.15) is 40.6 Å². The zero-order valence-corrected chi connectivity index (χ0v) is 13.9. The Labute approximate surface area is 133 Å². The molecule has 0 spiro atoms. The Balaban J connectivity index is 2.11. The maximum atomic E-state index is 12.0. The summed E-state index contributed by atoms with van der Waals surface area (Å²) in [5.41, 5.74) is 1.36. The number of ether oxygens (including phenoxy) is 1. The van der Waals surface area contributed by atoms with E-state index in [1.54, 1.807) is 6.92 Å². The molecule has 7 heteroatoms. The van der Waals surface area contributed by atoms with Crippen LogP contribution in [0.3, 0.4) is 0 Å². The Bertz CT molecular complexity index is 591. The third kappa shape index (κ3) is 3.79. The Morgan fingerprint density at radius 3 is 2.62 bits per heavy atom. The first-order valence-electron chi connectivity index (χ1n) is 6.83. The first-order valence-corrected chi connectivity index (χ1v) is 8.05. The second-order valence-electron chi connectivity index (χ2n) is 4.93. The van der Waals surface area contributed by atoms with Crippen LogP contribution < -0.4 is 10.6 Å². The molecule has 0 atom stereocenters. The van der Waals surface area contributed by atoms with E-state index in [0.29, 0.717) is 17.2 Å². The average Bonchev–Trinajstić information content (AvgIpc) is 3.19. The Hall–Kier alpha value is -1.47. The molecule has 0 aliphatic heterocycles. The van der Waals surface area contributed by atoms with E-state index in [0.717, 1.165) is 23.3 Å². The van der Waals surface area contributed by atoms with Crippen LogP contribution in [0.4, 0.5) is 5.00 Å². The van der Waals surface area contributed by atoms with Gasteiger partial charge in [0.15, 0.2) is 5.11 Å². The summed E-state index contributed by atoms with van der Waals surface area (Å²) in [5.74, 6) is -0.352. The minimum Gasteiger partial charge on any atom is -0.462 e. The second kappa shape index (κ2) is 6.53. The molecule has 5 nitrogen and oxygen atoms in total. The van der Waals surface area contributed by atoms with Crippen LogP contribution in [0, 0.1) is 19.8 Å². The van der Waals surface area contributed by atoms with E-state index >= 15 is 0 Å². The van der Waals surface area contributed by atoms with Gasteiger partial charge in [-0.3, -0.25) is 4.79 Å². The summed E-state index contributed by atoms with van der Waals surface area (Å²) in [4.78, 5) is 24.7. The van der Waals surface area contributed by atoms with Gasteiger partial charge in [-0.1, -0.05) is 0 Å². The van der Waals surface area contributed by atoms with Crippen molar-refractivity contribution in [2.75, 3.05) is 11.9 Å². The van der Waals surface area contributed by atoms with Gasteiger partial charge in [-0.05, 0) is 51.4 Å². The molecule has 2 N–H and O–H groups in total. The number of esters is 1. The Morgan fingerprint density at radius 2 is 2.05 bits per heavy atom. The van der Waals surface area contributed by atoms with Crippen molar-refractivity contribution in [3.8, 4) is 0 Å². The number of thiophene rings is 1. The number of thiocarbonyl (C=S) groups is 1. The van der Waals surface area contributed by atoms with Crippen molar-refractivity contribution < 1.29 is 14.3 Å². The molecule has 1 heterocycles. The Kier molecular flexibility index (Phi) is 4.95. The molecule has 1 aromatic rings. The van der Waals surface area contributed by atoms with Gasteiger partial charge in [0.1, 0.15) is 5.00 Å². The lowest BCUT2D eigenvalue weighted by molar-refractivity contribution is -0.120. The van der Waals surface area contributed by atoms with E-state index in [1.165, 1.54) is 11.3 Å². The lowest BCUT2D eigenvalue weighted by Crippen LogP contribution is -2.35. The molecule has 1 amide bonds. The van der Waals surface area contributed by atoms with Crippen LogP contribution in [-0.2, 0) is 9.53 Å². The van der Waals surface area contributed by atoms with Crippen molar-refractivity contribution in [1.29, 1.82) is 0 Å². The smallest absolute Gasteiger partial charge is 0.341 e. The molecule has 0 aromatic carbocycles. The quantitative estimate of drug-likeness (QED) is 0.658. The Morgan fingerprint density at radius 1 is 1.38 bits per heavy atom.